The lowest BCUT2D eigenvalue weighted by atomic mass is 10.1. The van der Waals surface area contributed by atoms with Crippen molar-refractivity contribution in [1.29, 1.82) is 0 Å². The highest BCUT2D eigenvalue weighted by Crippen LogP contribution is 2.24. The largest absolute Gasteiger partial charge is 0.396 e. The molecule has 0 amide bonds. The van der Waals surface area contributed by atoms with Crippen LogP contribution in [0.3, 0.4) is 0 Å². The van der Waals surface area contributed by atoms with Gasteiger partial charge < -0.3 is 5.11 Å². The monoisotopic (exact) mass is 314 g/mol. The van der Waals surface area contributed by atoms with Gasteiger partial charge in [-0.15, -0.1) is 0 Å². The second-order valence-corrected chi connectivity index (χ2v) is 7.17. The van der Waals surface area contributed by atoms with E-state index in [4.69, 9.17) is 5.11 Å². The van der Waals surface area contributed by atoms with Gasteiger partial charge in [-0.3, -0.25) is 10.1 Å². The Hall–Kier alpha value is -1.51. The van der Waals surface area contributed by atoms with Crippen molar-refractivity contribution in [2.75, 3.05) is 19.7 Å². The van der Waals surface area contributed by atoms with Gasteiger partial charge in [-0.05, 0) is 24.3 Å². The van der Waals surface area contributed by atoms with Gasteiger partial charge in [0.15, 0.2) is 0 Å². The molecule has 0 bridgehead atoms. The summed E-state index contributed by atoms with van der Waals surface area (Å²) < 4.78 is 26.0. The van der Waals surface area contributed by atoms with Gasteiger partial charge >= 0.3 is 0 Å². The van der Waals surface area contributed by atoms with Crippen molar-refractivity contribution >= 4 is 15.7 Å². The predicted octanol–water partition coefficient (Wildman–Crippen LogP) is 1.13. The van der Waals surface area contributed by atoms with E-state index in [-0.39, 0.29) is 24.0 Å². The zero-order valence-electron chi connectivity index (χ0n) is 11.5. The number of nitro benzene ring substituents is 1. The first-order valence-electron chi connectivity index (χ1n) is 6.74. The highest BCUT2D eigenvalue weighted by molar-refractivity contribution is 7.88. The van der Waals surface area contributed by atoms with E-state index in [0.29, 0.717) is 25.1 Å². The molecule has 1 unspecified atom stereocenters. The summed E-state index contributed by atoms with van der Waals surface area (Å²) in [4.78, 5) is 10.0. The molecule has 21 heavy (non-hydrogen) atoms. The van der Waals surface area contributed by atoms with Gasteiger partial charge in [0.05, 0.1) is 10.7 Å². The third-order valence-electron chi connectivity index (χ3n) is 3.68. The van der Waals surface area contributed by atoms with Crippen molar-refractivity contribution < 1.29 is 18.4 Å². The molecule has 116 valence electrons. The highest BCUT2D eigenvalue weighted by Gasteiger charge is 2.31. The van der Waals surface area contributed by atoms with Gasteiger partial charge in [-0.25, -0.2) is 12.7 Å². The lowest BCUT2D eigenvalue weighted by Crippen LogP contribution is -2.30. The first-order chi connectivity index (χ1) is 9.92. The fourth-order valence-electron chi connectivity index (χ4n) is 2.48. The Bertz CT molecular complexity index is 599. The number of aliphatic hydroxyl groups excluding tert-OH is 1. The Labute approximate surface area is 123 Å². The van der Waals surface area contributed by atoms with E-state index in [1.165, 1.54) is 28.6 Å². The molecule has 8 heteroatoms. The number of benzene rings is 1. The van der Waals surface area contributed by atoms with E-state index in [2.05, 4.69) is 0 Å². The molecule has 1 aromatic carbocycles. The standard InChI is InChI=1S/C13H18N2O5S/c16-8-6-11-5-7-14(9-11)21(19,20)10-12-1-3-13(4-2-12)15(17)18/h1-4,11,16H,5-10H2. The first-order valence-corrected chi connectivity index (χ1v) is 8.35. The second-order valence-electron chi connectivity index (χ2n) is 5.20. The zero-order valence-corrected chi connectivity index (χ0v) is 12.3. The maximum Gasteiger partial charge on any atom is 0.269 e. The predicted molar refractivity (Wildman–Crippen MR) is 77.1 cm³/mol. The third kappa shape index (κ3) is 3.99. The summed E-state index contributed by atoms with van der Waals surface area (Å²) in [6.45, 7) is 0.983. The molecule has 1 N–H and O–H groups in total. The number of sulfonamides is 1. The lowest BCUT2D eigenvalue weighted by molar-refractivity contribution is -0.384. The molecule has 0 aromatic heterocycles. The summed E-state index contributed by atoms with van der Waals surface area (Å²) in [6.07, 6.45) is 1.38. The van der Waals surface area contributed by atoms with Gasteiger partial charge in [0.25, 0.3) is 5.69 Å². The Kier molecular flexibility index (Phi) is 4.92. The summed E-state index contributed by atoms with van der Waals surface area (Å²) in [5.41, 5.74) is 0.478. The van der Waals surface area contributed by atoms with E-state index in [9.17, 15) is 18.5 Å². The third-order valence-corrected chi connectivity index (χ3v) is 5.49. The van der Waals surface area contributed by atoms with Gasteiger partial charge in [0.2, 0.25) is 10.0 Å². The zero-order chi connectivity index (χ0) is 15.5. The van der Waals surface area contributed by atoms with Gasteiger partial charge in [-0.1, -0.05) is 12.1 Å². The van der Waals surface area contributed by atoms with Crippen LogP contribution in [-0.2, 0) is 15.8 Å². The number of hydrogen-bond acceptors (Lipinski definition) is 5. The Morgan fingerprint density at radius 1 is 1.33 bits per heavy atom. The van der Waals surface area contributed by atoms with E-state index in [0.717, 1.165) is 6.42 Å². The Balaban J connectivity index is 2.02. The molecule has 1 heterocycles. The van der Waals surface area contributed by atoms with Gasteiger partial charge in [-0.2, -0.15) is 0 Å². The molecule has 7 nitrogen and oxygen atoms in total. The van der Waals surface area contributed by atoms with Crippen LogP contribution in [0.25, 0.3) is 0 Å². The Morgan fingerprint density at radius 3 is 2.57 bits per heavy atom. The fourth-order valence-corrected chi connectivity index (χ4v) is 4.10. The molecule has 1 atom stereocenters. The summed E-state index contributed by atoms with van der Waals surface area (Å²) in [6, 6.07) is 5.56. The van der Waals surface area contributed by atoms with E-state index in [1.54, 1.807) is 0 Å². The number of nitrogens with zero attached hydrogens (tertiary/aromatic N) is 2. The first kappa shape index (κ1) is 15.9. The minimum absolute atomic E-state index is 0.0552. The van der Waals surface area contributed by atoms with Gasteiger partial charge in [0, 0.05) is 31.8 Å². The van der Waals surface area contributed by atoms with Crippen LogP contribution in [0.5, 0.6) is 0 Å². The number of non-ortho nitro benzene ring substituents is 1. The summed E-state index contributed by atoms with van der Waals surface area (Å²) in [5.74, 6) is 0.0539. The average Bonchev–Trinajstić information content (AvgIpc) is 2.89. The molecule has 1 aliphatic rings. The maximum absolute atomic E-state index is 12.3. The molecule has 0 saturated carbocycles. The van der Waals surface area contributed by atoms with Crippen molar-refractivity contribution in [3.63, 3.8) is 0 Å². The molecule has 0 radical (unpaired) electrons. The van der Waals surface area contributed by atoms with Gasteiger partial charge in [0.1, 0.15) is 0 Å². The maximum atomic E-state index is 12.3. The van der Waals surface area contributed by atoms with E-state index in [1.807, 2.05) is 0 Å². The number of aliphatic hydroxyl groups is 1. The van der Waals surface area contributed by atoms with Crippen molar-refractivity contribution in [3.8, 4) is 0 Å². The molecule has 1 aliphatic heterocycles. The molecule has 1 fully saturated rings. The van der Waals surface area contributed by atoms with Crippen molar-refractivity contribution in [2.45, 2.75) is 18.6 Å². The second kappa shape index (κ2) is 6.50. The number of rotatable bonds is 6. The molecular weight excluding hydrogens is 296 g/mol. The van der Waals surface area contributed by atoms with Crippen LogP contribution in [0.2, 0.25) is 0 Å². The number of nitro groups is 1. The van der Waals surface area contributed by atoms with Crippen LogP contribution in [-0.4, -0.2) is 42.4 Å². The SMILES string of the molecule is O=[N+]([O-])c1ccc(CS(=O)(=O)N2CCC(CCO)C2)cc1. The van der Waals surface area contributed by atoms with E-state index >= 15 is 0 Å². The molecular formula is C13H18N2O5S. The van der Waals surface area contributed by atoms with E-state index < -0.39 is 14.9 Å². The fraction of sp³-hybridized carbons (Fsp3) is 0.538. The van der Waals surface area contributed by atoms with Crippen LogP contribution >= 0.6 is 0 Å². The van der Waals surface area contributed by atoms with Crippen molar-refractivity contribution in [3.05, 3.63) is 39.9 Å². The van der Waals surface area contributed by atoms with Crippen molar-refractivity contribution in [1.82, 2.24) is 4.31 Å². The minimum atomic E-state index is -3.42. The molecule has 0 aliphatic carbocycles. The molecule has 0 spiro atoms. The quantitative estimate of drug-likeness (QED) is 0.626. The van der Waals surface area contributed by atoms with Crippen LogP contribution in [0, 0.1) is 16.0 Å². The van der Waals surface area contributed by atoms with Crippen molar-refractivity contribution in [2.24, 2.45) is 5.92 Å². The lowest BCUT2D eigenvalue weighted by Gasteiger charge is -2.16. The molecule has 1 aromatic rings. The molecule has 2 rings (SSSR count). The van der Waals surface area contributed by atoms with Crippen LogP contribution in [0.1, 0.15) is 18.4 Å². The number of hydrogen-bond donors (Lipinski definition) is 1. The normalized spacial score (nSPS) is 19.8. The summed E-state index contributed by atoms with van der Waals surface area (Å²) in [7, 11) is -3.42. The topological polar surface area (TPSA) is 101 Å². The van der Waals surface area contributed by atoms with Crippen LogP contribution in [0.4, 0.5) is 5.69 Å². The van der Waals surface area contributed by atoms with Crippen LogP contribution < -0.4 is 0 Å². The smallest absolute Gasteiger partial charge is 0.269 e. The average molecular weight is 314 g/mol. The minimum Gasteiger partial charge on any atom is -0.396 e. The Morgan fingerprint density at radius 2 is 2.00 bits per heavy atom. The molecule has 1 saturated heterocycles. The summed E-state index contributed by atoms with van der Waals surface area (Å²) >= 11 is 0. The van der Waals surface area contributed by atoms with Crippen LogP contribution in [0.15, 0.2) is 24.3 Å². The summed E-state index contributed by atoms with van der Waals surface area (Å²) in [5, 5.41) is 19.5. The highest BCUT2D eigenvalue weighted by atomic mass is 32.2.